The molecule has 4 N–H and O–H groups in total. The third-order valence-corrected chi connectivity index (χ3v) is 6.61. The number of rotatable bonds is 9. The maximum absolute atomic E-state index is 14.8. The van der Waals surface area contributed by atoms with E-state index in [-0.39, 0.29) is 28.4 Å². The second-order valence-electron chi connectivity index (χ2n) is 9.10. The number of halogens is 3. The van der Waals surface area contributed by atoms with Gasteiger partial charge < -0.3 is 16.1 Å². The van der Waals surface area contributed by atoms with E-state index in [0.29, 0.717) is 27.3 Å². The molecule has 2 aromatic carbocycles. The topological polar surface area (TPSA) is 88.0 Å². The van der Waals surface area contributed by atoms with Gasteiger partial charge in [0.1, 0.15) is 6.07 Å². The largest absolute Gasteiger partial charge is 0.373 e. The molecule has 0 fully saturated rings. The molecular weight excluding hydrogens is 536 g/mol. The van der Waals surface area contributed by atoms with Gasteiger partial charge in [-0.3, -0.25) is 9.99 Å². The Labute approximate surface area is 237 Å². The lowest BCUT2D eigenvalue weighted by Gasteiger charge is -2.22. The molecule has 0 saturated heterocycles. The maximum Gasteiger partial charge on any atom is 0.165 e. The zero-order chi connectivity index (χ0) is 28.1. The van der Waals surface area contributed by atoms with E-state index in [4.69, 9.17) is 23.2 Å². The van der Waals surface area contributed by atoms with Crippen molar-refractivity contribution in [2.45, 2.75) is 32.9 Å². The summed E-state index contributed by atoms with van der Waals surface area (Å²) < 4.78 is 14.8. The van der Waals surface area contributed by atoms with Crippen molar-refractivity contribution in [2.75, 3.05) is 10.6 Å². The van der Waals surface area contributed by atoms with E-state index < -0.39 is 5.82 Å². The second kappa shape index (κ2) is 12.2. The number of anilines is 3. The van der Waals surface area contributed by atoms with Crippen molar-refractivity contribution in [1.82, 2.24) is 21.0 Å². The molecule has 1 aliphatic heterocycles. The second-order valence-corrected chi connectivity index (χ2v) is 9.91. The van der Waals surface area contributed by atoms with Gasteiger partial charge in [-0.1, -0.05) is 60.2 Å². The Morgan fingerprint density at radius 2 is 2.03 bits per heavy atom. The molecule has 1 aliphatic rings. The van der Waals surface area contributed by atoms with Crippen LogP contribution in [0.3, 0.4) is 0 Å². The van der Waals surface area contributed by atoms with Crippen molar-refractivity contribution in [3.8, 4) is 6.07 Å². The van der Waals surface area contributed by atoms with E-state index in [9.17, 15) is 9.65 Å². The van der Waals surface area contributed by atoms with Gasteiger partial charge in [0.15, 0.2) is 5.82 Å². The fourth-order valence-corrected chi connectivity index (χ4v) is 4.43. The summed E-state index contributed by atoms with van der Waals surface area (Å²) in [6.07, 6.45) is 11.1. The molecule has 200 valence electrons. The summed E-state index contributed by atoms with van der Waals surface area (Å²) in [6.45, 7) is 10.3. The van der Waals surface area contributed by atoms with Crippen molar-refractivity contribution < 1.29 is 4.39 Å². The standard InChI is InChI=1S/C29H28Cl2FN7/c1-5-6-7-9-18(4)27(25-16-39(17(2)3)38-37-25)35-20-12-21-28(36-24-11-8-10-22(30)26(24)32)19(14-33)15-34-29(21)23(31)13-20/h5-13,15-17,27,35,37-38H,4H2,1-3H3,(H,34,36)/b6-5-,9-7-/t27-/m0/s1. The lowest BCUT2D eigenvalue weighted by Crippen LogP contribution is -2.42. The molecule has 39 heavy (non-hydrogen) atoms. The van der Waals surface area contributed by atoms with E-state index in [1.165, 1.54) is 12.3 Å². The van der Waals surface area contributed by atoms with Crippen LogP contribution in [0.15, 0.2) is 84.9 Å². The number of allylic oxidation sites excluding steroid dienone is 3. The van der Waals surface area contributed by atoms with E-state index in [1.54, 1.807) is 18.2 Å². The van der Waals surface area contributed by atoms with Gasteiger partial charge in [-0.25, -0.2) is 4.39 Å². The van der Waals surface area contributed by atoms with Crippen molar-refractivity contribution in [3.63, 3.8) is 0 Å². The highest BCUT2D eigenvalue weighted by atomic mass is 35.5. The number of nitrogens with zero attached hydrogens (tertiary/aromatic N) is 3. The van der Waals surface area contributed by atoms with Crippen LogP contribution in [0.2, 0.25) is 10.0 Å². The van der Waals surface area contributed by atoms with Crippen LogP contribution in [0.25, 0.3) is 10.9 Å². The molecule has 0 unspecified atom stereocenters. The molecule has 0 aliphatic carbocycles. The van der Waals surface area contributed by atoms with Gasteiger partial charge in [-0.2, -0.15) is 5.26 Å². The normalized spacial score (nSPS) is 14.1. The summed E-state index contributed by atoms with van der Waals surface area (Å²) >= 11 is 12.7. The van der Waals surface area contributed by atoms with Gasteiger partial charge in [0.05, 0.1) is 44.2 Å². The van der Waals surface area contributed by atoms with Crippen LogP contribution >= 0.6 is 23.2 Å². The summed E-state index contributed by atoms with van der Waals surface area (Å²) in [7, 11) is 0. The minimum Gasteiger partial charge on any atom is -0.373 e. The van der Waals surface area contributed by atoms with Crippen LogP contribution in [0.4, 0.5) is 21.5 Å². The van der Waals surface area contributed by atoms with E-state index in [0.717, 1.165) is 11.3 Å². The summed E-state index contributed by atoms with van der Waals surface area (Å²) in [5.74, 6) is -0.626. The van der Waals surface area contributed by atoms with Crippen molar-refractivity contribution >= 4 is 51.2 Å². The van der Waals surface area contributed by atoms with Crippen LogP contribution in [-0.2, 0) is 0 Å². The number of fused-ring (bicyclic) bond motifs is 1. The average Bonchev–Trinajstić information content (AvgIpc) is 3.41. The molecule has 2 heterocycles. The van der Waals surface area contributed by atoms with Crippen LogP contribution in [0, 0.1) is 17.1 Å². The number of nitrogens with one attached hydrogen (secondary N) is 4. The van der Waals surface area contributed by atoms with Crippen molar-refractivity contribution in [1.29, 1.82) is 5.26 Å². The highest BCUT2D eigenvalue weighted by Gasteiger charge is 2.24. The molecule has 1 atom stereocenters. The Kier molecular flexibility index (Phi) is 8.77. The van der Waals surface area contributed by atoms with Gasteiger partial charge in [-0.15, -0.1) is 5.53 Å². The molecule has 4 rings (SSSR count). The first kappa shape index (κ1) is 28.0. The molecular formula is C29H28Cl2FN7. The molecule has 0 saturated carbocycles. The zero-order valence-corrected chi connectivity index (χ0v) is 23.2. The summed E-state index contributed by atoms with van der Waals surface area (Å²) in [4.78, 5) is 4.39. The van der Waals surface area contributed by atoms with Gasteiger partial charge in [-0.05, 0) is 50.6 Å². The summed E-state index contributed by atoms with van der Waals surface area (Å²) in [5.41, 5.74) is 9.81. The predicted molar refractivity (Wildman–Crippen MR) is 158 cm³/mol. The Balaban J connectivity index is 1.80. The quantitative estimate of drug-likeness (QED) is 0.202. The molecule has 0 radical (unpaired) electrons. The van der Waals surface area contributed by atoms with Crippen LogP contribution in [-0.4, -0.2) is 22.1 Å². The third-order valence-electron chi connectivity index (χ3n) is 6.03. The lowest BCUT2D eigenvalue weighted by molar-refractivity contribution is 0.221. The van der Waals surface area contributed by atoms with Crippen molar-refractivity contribution in [3.05, 3.63) is 106 Å². The minimum absolute atomic E-state index is 0.0361. The van der Waals surface area contributed by atoms with Gasteiger partial charge in [0.2, 0.25) is 0 Å². The third kappa shape index (κ3) is 6.18. The summed E-state index contributed by atoms with van der Waals surface area (Å²) in [5, 5.41) is 19.1. The number of hydrogen-bond acceptors (Lipinski definition) is 7. The fraction of sp³-hybridized carbons (Fsp3) is 0.172. The molecule has 0 bridgehead atoms. The zero-order valence-electron chi connectivity index (χ0n) is 21.7. The molecule has 10 heteroatoms. The number of aromatic nitrogens is 1. The highest BCUT2D eigenvalue weighted by molar-refractivity contribution is 6.36. The number of hydrazine groups is 2. The Morgan fingerprint density at radius 1 is 1.23 bits per heavy atom. The van der Waals surface area contributed by atoms with Crippen molar-refractivity contribution in [2.24, 2.45) is 0 Å². The molecule has 3 aromatic rings. The first-order chi connectivity index (χ1) is 18.7. The van der Waals surface area contributed by atoms with E-state index in [2.05, 4.69) is 53.1 Å². The van der Waals surface area contributed by atoms with Crippen LogP contribution in [0.5, 0.6) is 0 Å². The Bertz CT molecular complexity index is 1540. The highest BCUT2D eigenvalue weighted by Crippen LogP contribution is 2.36. The van der Waals surface area contributed by atoms with Gasteiger partial charge in [0, 0.05) is 29.5 Å². The van der Waals surface area contributed by atoms with Gasteiger partial charge in [0.25, 0.3) is 0 Å². The smallest absolute Gasteiger partial charge is 0.165 e. The Hall–Kier alpha value is -4.03. The SMILES string of the molecule is C=C(/C=C\C=C/C)[C@H](Nc1cc(Cl)c2ncc(C#N)c(Nc3cccc(Cl)c3F)c2c1)C1=CN(C(C)C)NN1. The molecule has 0 spiro atoms. The molecule has 7 nitrogen and oxygen atoms in total. The number of hydrogen-bond donors (Lipinski definition) is 4. The molecule has 0 amide bonds. The van der Waals surface area contributed by atoms with Crippen LogP contribution < -0.4 is 21.6 Å². The predicted octanol–water partition coefficient (Wildman–Crippen LogP) is 7.34. The number of nitriles is 1. The minimum atomic E-state index is -0.626. The monoisotopic (exact) mass is 563 g/mol. The average molecular weight is 564 g/mol. The molecule has 1 aromatic heterocycles. The summed E-state index contributed by atoms with van der Waals surface area (Å²) in [6, 6.07) is 10.2. The van der Waals surface area contributed by atoms with E-state index >= 15 is 0 Å². The maximum atomic E-state index is 14.8. The number of pyridine rings is 1. The number of benzene rings is 2. The first-order valence-electron chi connectivity index (χ1n) is 12.2. The first-order valence-corrected chi connectivity index (χ1v) is 13.0. The fourth-order valence-electron chi connectivity index (χ4n) is 3.99. The van der Waals surface area contributed by atoms with Crippen LogP contribution in [0.1, 0.15) is 26.3 Å². The lowest BCUT2D eigenvalue weighted by atomic mass is 10.0. The van der Waals surface area contributed by atoms with Gasteiger partial charge >= 0.3 is 0 Å². The van der Waals surface area contributed by atoms with E-state index in [1.807, 2.05) is 48.5 Å². The Morgan fingerprint density at radius 3 is 2.72 bits per heavy atom.